The molecule has 0 aromatic heterocycles. The second kappa shape index (κ2) is 10.4. The lowest BCUT2D eigenvalue weighted by Crippen LogP contribution is -2.58. The number of ether oxygens (including phenoxy) is 1. The minimum Gasteiger partial charge on any atom is -0.373 e. The van der Waals surface area contributed by atoms with E-state index in [-0.39, 0.29) is 18.1 Å². The molecule has 0 aliphatic carbocycles. The van der Waals surface area contributed by atoms with Gasteiger partial charge in [0.25, 0.3) is 10.2 Å². The van der Waals surface area contributed by atoms with Gasteiger partial charge in [0, 0.05) is 52.4 Å². The van der Waals surface area contributed by atoms with Crippen molar-refractivity contribution < 1.29 is 17.9 Å². The standard InChI is InChI=1S/C22H36N4O4S/c1-5-23(6-2)22(27)21(20-10-8-7-9-11-20)24-12-14-25(15-13-24)31(28,29)26-16-18(3)30-19(4)17-26/h7-11,18-19,21H,5-6,12-17H2,1-4H3. The van der Waals surface area contributed by atoms with Crippen LogP contribution >= 0.6 is 0 Å². The molecule has 3 rings (SSSR count). The van der Waals surface area contributed by atoms with E-state index in [9.17, 15) is 13.2 Å². The molecule has 3 atom stereocenters. The number of amides is 1. The molecule has 2 aliphatic rings. The third-order valence-electron chi connectivity index (χ3n) is 6.10. The molecule has 2 saturated heterocycles. The Labute approximate surface area is 186 Å². The first-order chi connectivity index (χ1) is 14.8. The Kier molecular flexibility index (Phi) is 8.09. The number of likely N-dealkylation sites (N-methyl/N-ethyl adjacent to an activating group) is 1. The number of hydrogen-bond donors (Lipinski definition) is 0. The average molecular weight is 453 g/mol. The van der Waals surface area contributed by atoms with Gasteiger partial charge in [0.1, 0.15) is 6.04 Å². The van der Waals surface area contributed by atoms with Gasteiger partial charge in [-0.2, -0.15) is 17.0 Å². The molecule has 1 amide bonds. The van der Waals surface area contributed by atoms with Crippen LogP contribution in [0.5, 0.6) is 0 Å². The third kappa shape index (κ3) is 5.46. The molecule has 0 spiro atoms. The number of nitrogens with zero attached hydrogens (tertiary/aromatic N) is 4. The van der Waals surface area contributed by atoms with Crippen LogP contribution in [0.25, 0.3) is 0 Å². The van der Waals surface area contributed by atoms with Crippen molar-refractivity contribution in [1.29, 1.82) is 0 Å². The monoisotopic (exact) mass is 452 g/mol. The third-order valence-corrected chi connectivity index (χ3v) is 8.07. The van der Waals surface area contributed by atoms with Crippen molar-refractivity contribution in [2.24, 2.45) is 0 Å². The van der Waals surface area contributed by atoms with E-state index in [0.29, 0.717) is 52.4 Å². The Bertz CT molecular complexity index is 813. The number of carbonyl (C=O) groups excluding carboxylic acids is 1. The van der Waals surface area contributed by atoms with E-state index in [0.717, 1.165) is 5.56 Å². The Morgan fingerprint density at radius 2 is 1.55 bits per heavy atom. The summed E-state index contributed by atoms with van der Waals surface area (Å²) < 4.78 is 35.2. The van der Waals surface area contributed by atoms with Gasteiger partial charge in [-0.3, -0.25) is 9.69 Å². The predicted molar refractivity (Wildman–Crippen MR) is 121 cm³/mol. The van der Waals surface area contributed by atoms with Gasteiger partial charge in [-0.25, -0.2) is 0 Å². The van der Waals surface area contributed by atoms with E-state index >= 15 is 0 Å². The second-order valence-electron chi connectivity index (χ2n) is 8.34. The molecule has 31 heavy (non-hydrogen) atoms. The Hall–Kier alpha value is -1.52. The maximum absolute atomic E-state index is 13.3. The van der Waals surface area contributed by atoms with Crippen LogP contribution < -0.4 is 0 Å². The fourth-order valence-electron chi connectivity index (χ4n) is 4.53. The lowest BCUT2D eigenvalue weighted by atomic mass is 10.0. The van der Waals surface area contributed by atoms with Crippen molar-refractivity contribution in [3.63, 3.8) is 0 Å². The van der Waals surface area contributed by atoms with Gasteiger partial charge < -0.3 is 9.64 Å². The Morgan fingerprint density at radius 3 is 2.06 bits per heavy atom. The lowest BCUT2D eigenvalue weighted by Gasteiger charge is -2.42. The van der Waals surface area contributed by atoms with Crippen molar-refractivity contribution in [2.75, 3.05) is 52.4 Å². The van der Waals surface area contributed by atoms with Crippen molar-refractivity contribution in [2.45, 2.75) is 45.9 Å². The van der Waals surface area contributed by atoms with Crippen molar-refractivity contribution >= 4 is 16.1 Å². The first-order valence-electron chi connectivity index (χ1n) is 11.3. The van der Waals surface area contributed by atoms with Crippen molar-refractivity contribution in [3.8, 4) is 0 Å². The van der Waals surface area contributed by atoms with Crippen LogP contribution in [-0.2, 0) is 19.7 Å². The lowest BCUT2D eigenvalue weighted by molar-refractivity contribution is -0.137. The molecule has 8 nitrogen and oxygen atoms in total. The number of rotatable bonds is 7. The van der Waals surface area contributed by atoms with Gasteiger partial charge in [0.2, 0.25) is 5.91 Å². The summed E-state index contributed by atoms with van der Waals surface area (Å²) in [5.41, 5.74) is 0.950. The second-order valence-corrected chi connectivity index (χ2v) is 10.3. The highest BCUT2D eigenvalue weighted by Crippen LogP contribution is 2.26. The molecule has 1 aromatic rings. The minimum atomic E-state index is -3.55. The summed E-state index contributed by atoms with van der Waals surface area (Å²) in [6, 6.07) is 9.39. The van der Waals surface area contributed by atoms with E-state index in [4.69, 9.17) is 4.74 Å². The zero-order valence-electron chi connectivity index (χ0n) is 19.1. The van der Waals surface area contributed by atoms with Crippen molar-refractivity contribution in [1.82, 2.24) is 18.4 Å². The highest BCUT2D eigenvalue weighted by Gasteiger charge is 2.39. The minimum absolute atomic E-state index is 0.0725. The highest BCUT2D eigenvalue weighted by molar-refractivity contribution is 7.86. The molecule has 2 heterocycles. The van der Waals surface area contributed by atoms with Crippen LogP contribution in [0.4, 0.5) is 0 Å². The zero-order valence-corrected chi connectivity index (χ0v) is 19.9. The summed E-state index contributed by atoms with van der Waals surface area (Å²) >= 11 is 0. The summed E-state index contributed by atoms with van der Waals surface area (Å²) in [4.78, 5) is 17.3. The summed E-state index contributed by atoms with van der Waals surface area (Å²) in [5, 5.41) is 0. The van der Waals surface area contributed by atoms with E-state index in [1.807, 2.05) is 62.9 Å². The molecule has 0 N–H and O–H groups in total. The average Bonchev–Trinajstić information content (AvgIpc) is 2.75. The van der Waals surface area contributed by atoms with Crippen LogP contribution in [0.3, 0.4) is 0 Å². The quantitative estimate of drug-likeness (QED) is 0.628. The SMILES string of the molecule is CCN(CC)C(=O)C(c1ccccc1)N1CCN(S(=O)(=O)N2CC(C)OC(C)C2)CC1. The number of carbonyl (C=O) groups is 1. The summed E-state index contributed by atoms with van der Waals surface area (Å²) in [6.45, 7) is 11.6. The molecule has 174 valence electrons. The number of morpholine rings is 1. The summed E-state index contributed by atoms with van der Waals surface area (Å²) in [5.74, 6) is 0.0725. The van der Waals surface area contributed by atoms with Crippen LogP contribution in [-0.4, -0.2) is 97.3 Å². The Morgan fingerprint density at radius 1 is 1.00 bits per heavy atom. The van der Waals surface area contributed by atoms with Crippen molar-refractivity contribution in [3.05, 3.63) is 35.9 Å². The van der Waals surface area contributed by atoms with Gasteiger partial charge in [-0.15, -0.1) is 0 Å². The van der Waals surface area contributed by atoms with Gasteiger partial charge in [0.05, 0.1) is 12.2 Å². The fourth-order valence-corrected chi connectivity index (χ4v) is 6.28. The molecule has 0 saturated carbocycles. The maximum atomic E-state index is 13.3. The van der Waals surface area contributed by atoms with Gasteiger partial charge in [-0.05, 0) is 33.3 Å². The topological polar surface area (TPSA) is 73.4 Å². The molecular formula is C22H36N4O4S. The Balaban J connectivity index is 1.74. The highest BCUT2D eigenvalue weighted by atomic mass is 32.2. The van der Waals surface area contributed by atoms with E-state index in [1.165, 1.54) is 4.31 Å². The largest absolute Gasteiger partial charge is 0.373 e. The van der Waals surface area contributed by atoms with Gasteiger partial charge in [-0.1, -0.05) is 30.3 Å². The molecule has 3 unspecified atom stereocenters. The number of piperazine rings is 1. The molecule has 9 heteroatoms. The zero-order chi connectivity index (χ0) is 22.6. The smallest absolute Gasteiger partial charge is 0.282 e. The van der Waals surface area contributed by atoms with E-state index < -0.39 is 16.3 Å². The summed E-state index contributed by atoms with van der Waals surface area (Å²) in [6.07, 6.45) is -0.233. The van der Waals surface area contributed by atoms with Crippen LogP contribution in [0, 0.1) is 0 Å². The molecule has 1 aromatic carbocycles. The number of benzene rings is 1. The maximum Gasteiger partial charge on any atom is 0.282 e. The van der Waals surface area contributed by atoms with Gasteiger partial charge in [0.15, 0.2) is 0 Å². The number of hydrogen-bond acceptors (Lipinski definition) is 5. The van der Waals surface area contributed by atoms with E-state index in [1.54, 1.807) is 4.31 Å². The molecule has 0 bridgehead atoms. The molecular weight excluding hydrogens is 416 g/mol. The van der Waals surface area contributed by atoms with Gasteiger partial charge >= 0.3 is 0 Å². The first kappa shape index (κ1) is 24.1. The molecule has 0 radical (unpaired) electrons. The van der Waals surface area contributed by atoms with Crippen LogP contribution in [0.15, 0.2) is 30.3 Å². The normalized spacial score (nSPS) is 25.3. The van der Waals surface area contributed by atoms with E-state index in [2.05, 4.69) is 4.90 Å². The van der Waals surface area contributed by atoms with Crippen LogP contribution in [0.1, 0.15) is 39.3 Å². The fraction of sp³-hybridized carbons (Fsp3) is 0.682. The molecule has 2 fully saturated rings. The summed E-state index contributed by atoms with van der Waals surface area (Å²) in [7, 11) is -3.55. The predicted octanol–water partition coefficient (Wildman–Crippen LogP) is 1.57. The molecule has 2 aliphatic heterocycles. The van der Waals surface area contributed by atoms with Crippen LogP contribution in [0.2, 0.25) is 0 Å². The first-order valence-corrected chi connectivity index (χ1v) is 12.7.